The number of rotatable bonds is 1. The molecular formula is C13H16N2O3. The average molecular weight is 248 g/mol. The monoisotopic (exact) mass is 248 g/mol. The molecule has 3 N–H and O–H groups in total. The maximum absolute atomic E-state index is 11.6. The third-order valence-electron chi connectivity index (χ3n) is 3.58. The van der Waals surface area contributed by atoms with Gasteiger partial charge in [-0.1, -0.05) is 6.07 Å². The van der Waals surface area contributed by atoms with Gasteiger partial charge in [-0.2, -0.15) is 0 Å². The molecule has 1 aromatic carbocycles. The SMILES string of the molecule is CC1Oc2ccc(C3(O)CCNC3)cc2NC1=O. The van der Waals surface area contributed by atoms with Crippen molar-refractivity contribution in [3.05, 3.63) is 23.8 Å². The van der Waals surface area contributed by atoms with Gasteiger partial charge in [0.2, 0.25) is 0 Å². The number of hydrogen-bond donors (Lipinski definition) is 3. The van der Waals surface area contributed by atoms with Crippen LogP contribution in [0.15, 0.2) is 18.2 Å². The van der Waals surface area contributed by atoms with E-state index in [2.05, 4.69) is 10.6 Å². The molecule has 2 heterocycles. The van der Waals surface area contributed by atoms with Crippen LogP contribution >= 0.6 is 0 Å². The van der Waals surface area contributed by atoms with Crippen molar-refractivity contribution in [1.82, 2.24) is 5.32 Å². The van der Waals surface area contributed by atoms with E-state index in [1.807, 2.05) is 6.07 Å². The van der Waals surface area contributed by atoms with Crippen LogP contribution in [0.1, 0.15) is 18.9 Å². The van der Waals surface area contributed by atoms with Crippen molar-refractivity contribution >= 4 is 11.6 Å². The second-order valence-corrected chi connectivity index (χ2v) is 4.92. The molecule has 0 bridgehead atoms. The van der Waals surface area contributed by atoms with Gasteiger partial charge in [0.05, 0.1) is 5.69 Å². The summed E-state index contributed by atoms with van der Waals surface area (Å²) in [6.45, 7) is 3.05. The molecule has 1 fully saturated rings. The van der Waals surface area contributed by atoms with Gasteiger partial charge in [0.15, 0.2) is 6.10 Å². The zero-order chi connectivity index (χ0) is 12.8. The van der Waals surface area contributed by atoms with E-state index in [4.69, 9.17) is 4.74 Å². The van der Waals surface area contributed by atoms with E-state index < -0.39 is 11.7 Å². The molecule has 0 radical (unpaired) electrons. The maximum Gasteiger partial charge on any atom is 0.265 e. The van der Waals surface area contributed by atoms with Gasteiger partial charge in [-0.05, 0) is 37.6 Å². The fourth-order valence-corrected chi connectivity index (χ4v) is 2.42. The normalized spacial score (nSPS) is 30.6. The number of fused-ring (bicyclic) bond motifs is 1. The predicted octanol–water partition coefficient (Wildman–Crippen LogP) is 0.587. The standard InChI is InChI=1S/C13H16N2O3/c1-8-12(16)15-10-6-9(2-3-11(10)18-8)13(17)4-5-14-7-13/h2-3,6,8,14,17H,4-5,7H2,1H3,(H,15,16). The van der Waals surface area contributed by atoms with Crippen molar-refractivity contribution in [2.45, 2.75) is 25.0 Å². The minimum Gasteiger partial charge on any atom is -0.479 e. The molecule has 0 aromatic heterocycles. The number of ether oxygens (including phenoxy) is 1. The van der Waals surface area contributed by atoms with Crippen LogP contribution in [0.5, 0.6) is 5.75 Å². The molecule has 0 aliphatic carbocycles. The summed E-state index contributed by atoms with van der Waals surface area (Å²) in [7, 11) is 0. The third kappa shape index (κ3) is 1.76. The van der Waals surface area contributed by atoms with E-state index in [1.54, 1.807) is 19.1 Å². The number of benzene rings is 1. The summed E-state index contributed by atoms with van der Waals surface area (Å²) in [5.41, 5.74) is 0.601. The van der Waals surface area contributed by atoms with Crippen molar-refractivity contribution < 1.29 is 14.6 Å². The Morgan fingerprint density at radius 2 is 2.33 bits per heavy atom. The molecule has 18 heavy (non-hydrogen) atoms. The Kier molecular flexibility index (Phi) is 2.53. The molecule has 2 aliphatic rings. The van der Waals surface area contributed by atoms with Gasteiger partial charge < -0.3 is 20.5 Å². The zero-order valence-electron chi connectivity index (χ0n) is 10.2. The smallest absolute Gasteiger partial charge is 0.265 e. The molecule has 1 amide bonds. The van der Waals surface area contributed by atoms with Gasteiger partial charge in [0, 0.05) is 6.54 Å². The first-order valence-electron chi connectivity index (χ1n) is 6.14. The van der Waals surface area contributed by atoms with E-state index in [1.165, 1.54) is 0 Å². The predicted molar refractivity (Wildman–Crippen MR) is 66.5 cm³/mol. The molecule has 0 spiro atoms. The molecule has 1 aromatic rings. The van der Waals surface area contributed by atoms with Crippen molar-refractivity contribution in [2.75, 3.05) is 18.4 Å². The first-order chi connectivity index (χ1) is 8.58. The highest BCUT2D eigenvalue weighted by Crippen LogP contribution is 2.35. The Bertz CT molecular complexity index is 495. The van der Waals surface area contributed by atoms with Crippen LogP contribution in [0.4, 0.5) is 5.69 Å². The number of hydrogen-bond acceptors (Lipinski definition) is 4. The number of aliphatic hydroxyl groups is 1. The summed E-state index contributed by atoms with van der Waals surface area (Å²) in [6, 6.07) is 5.46. The maximum atomic E-state index is 11.6. The lowest BCUT2D eigenvalue weighted by molar-refractivity contribution is -0.122. The van der Waals surface area contributed by atoms with Crippen LogP contribution in [0.25, 0.3) is 0 Å². The van der Waals surface area contributed by atoms with Gasteiger partial charge >= 0.3 is 0 Å². The van der Waals surface area contributed by atoms with E-state index in [9.17, 15) is 9.90 Å². The number of amides is 1. The average Bonchev–Trinajstić information content (AvgIpc) is 2.78. The summed E-state index contributed by atoms with van der Waals surface area (Å²) in [4.78, 5) is 11.6. The molecule has 2 atom stereocenters. The fraction of sp³-hybridized carbons (Fsp3) is 0.462. The molecule has 1 saturated heterocycles. The molecule has 2 unspecified atom stereocenters. The van der Waals surface area contributed by atoms with Crippen molar-refractivity contribution in [3.8, 4) is 5.75 Å². The largest absolute Gasteiger partial charge is 0.479 e. The lowest BCUT2D eigenvalue weighted by Crippen LogP contribution is -2.35. The van der Waals surface area contributed by atoms with Crippen LogP contribution in [0, 0.1) is 0 Å². The fourth-order valence-electron chi connectivity index (χ4n) is 2.42. The van der Waals surface area contributed by atoms with E-state index in [0.717, 1.165) is 12.1 Å². The van der Waals surface area contributed by atoms with E-state index >= 15 is 0 Å². The first kappa shape index (κ1) is 11.5. The summed E-state index contributed by atoms with van der Waals surface area (Å²) >= 11 is 0. The van der Waals surface area contributed by atoms with Crippen molar-refractivity contribution in [1.29, 1.82) is 0 Å². The number of anilines is 1. The molecule has 0 saturated carbocycles. The van der Waals surface area contributed by atoms with Gasteiger partial charge in [-0.15, -0.1) is 0 Å². The second-order valence-electron chi connectivity index (χ2n) is 4.92. The Morgan fingerprint density at radius 3 is 3.06 bits per heavy atom. The number of carbonyl (C=O) groups excluding carboxylic acids is 1. The number of carbonyl (C=O) groups is 1. The highest BCUT2D eigenvalue weighted by atomic mass is 16.5. The van der Waals surface area contributed by atoms with Crippen LogP contribution < -0.4 is 15.4 Å². The van der Waals surface area contributed by atoms with Gasteiger partial charge in [0.1, 0.15) is 11.4 Å². The van der Waals surface area contributed by atoms with Crippen molar-refractivity contribution in [2.24, 2.45) is 0 Å². The van der Waals surface area contributed by atoms with E-state index in [0.29, 0.717) is 24.4 Å². The summed E-state index contributed by atoms with van der Waals surface area (Å²) in [5, 5.41) is 16.4. The summed E-state index contributed by atoms with van der Waals surface area (Å²) < 4.78 is 5.49. The zero-order valence-corrected chi connectivity index (χ0v) is 10.2. The quantitative estimate of drug-likeness (QED) is 0.680. The minimum atomic E-state index is -0.844. The number of nitrogens with one attached hydrogen (secondary N) is 2. The van der Waals surface area contributed by atoms with Gasteiger partial charge in [-0.3, -0.25) is 4.79 Å². The van der Waals surface area contributed by atoms with Gasteiger partial charge in [0.25, 0.3) is 5.91 Å². The van der Waals surface area contributed by atoms with Crippen LogP contribution in [0.2, 0.25) is 0 Å². The molecule has 96 valence electrons. The topological polar surface area (TPSA) is 70.6 Å². The Hall–Kier alpha value is -1.59. The summed E-state index contributed by atoms with van der Waals surface area (Å²) in [5.74, 6) is 0.497. The first-order valence-corrected chi connectivity index (χ1v) is 6.14. The highest BCUT2D eigenvalue weighted by molar-refractivity contribution is 5.97. The molecular weight excluding hydrogens is 232 g/mol. The lowest BCUT2D eigenvalue weighted by Gasteiger charge is -2.27. The van der Waals surface area contributed by atoms with Gasteiger partial charge in [-0.25, -0.2) is 0 Å². The van der Waals surface area contributed by atoms with E-state index in [-0.39, 0.29) is 5.91 Å². The number of β-amino-alcohol motifs (C(OH)–C–C–N with tert-alkyl or cyclic N) is 1. The minimum absolute atomic E-state index is 0.156. The lowest BCUT2D eigenvalue weighted by atomic mass is 9.92. The van der Waals surface area contributed by atoms with Crippen LogP contribution in [-0.2, 0) is 10.4 Å². The summed E-state index contributed by atoms with van der Waals surface area (Å²) in [6.07, 6.45) is 0.205. The van der Waals surface area contributed by atoms with Crippen LogP contribution in [0.3, 0.4) is 0 Å². The highest BCUT2D eigenvalue weighted by Gasteiger charge is 2.34. The molecule has 5 heteroatoms. The Balaban J connectivity index is 1.96. The third-order valence-corrected chi connectivity index (χ3v) is 3.58. The molecule has 2 aliphatic heterocycles. The Labute approximate surface area is 105 Å². The molecule has 5 nitrogen and oxygen atoms in total. The molecule has 3 rings (SSSR count). The Morgan fingerprint density at radius 1 is 1.50 bits per heavy atom. The van der Waals surface area contributed by atoms with Crippen molar-refractivity contribution in [3.63, 3.8) is 0 Å². The second kappa shape index (κ2) is 3.96. The van der Waals surface area contributed by atoms with Crippen LogP contribution in [-0.4, -0.2) is 30.2 Å².